The van der Waals surface area contributed by atoms with E-state index < -0.39 is 0 Å². The van der Waals surface area contributed by atoms with Gasteiger partial charge >= 0.3 is 0 Å². The molecule has 0 fully saturated rings. The van der Waals surface area contributed by atoms with Gasteiger partial charge in [0.2, 0.25) is 0 Å². The van der Waals surface area contributed by atoms with Gasteiger partial charge in [0.25, 0.3) is 11.2 Å². The maximum atomic E-state index is 12.9. The summed E-state index contributed by atoms with van der Waals surface area (Å²) in [5.74, 6) is 0.370. The van der Waals surface area contributed by atoms with Crippen molar-refractivity contribution in [1.29, 1.82) is 0 Å². The van der Waals surface area contributed by atoms with Gasteiger partial charge in [-0.2, -0.15) is 0 Å². The van der Waals surface area contributed by atoms with Crippen molar-refractivity contribution in [2.45, 2.75) is 30.8 Å². The predicted octanol–water partition coefficient (Wildman–Crippen LogP) is 4.77. The molecular weight excluding hydrogens is 418 g/mol. The number of halogens is 1. The Bertz CT molecular complexity index is 1040. The molecule has 0 bridgehead atoms. The van der Waals surface area contributed by atoms with Crippen LogP contribution >= 0.6 is 27.7 Å². The van der Waals surface area contributed by atoms with E-state index in [0.29, 0.717) is 33.9 Å². The minimum Gasteiger partial charge on any atom is -0.287 e. The third kappa shape index (κ3) is 3.81. The zero-order valence-corrected chi connectivity index (χ0v) is 16.4. The Labute approximate surface area is 162 Å². The van der Waals surface area contributed by atoms with Gasteiger partial charge in [0.15, 0.2) is 5.16 Å². The molecule has 0 aliphatic heterocycles. The van der Waals surface area contributed by atoms with Crippen LogP contribution < -0.4 is 5.56 Å². The number of nitro benzene ring substituents is 1. The van der Waals surface area contributed by atoms with Crippen molar-refractivity contribution in [3.8, 4) is 0 Å². The van der Waals surface area contributed by atoms with E-state index in [1.54, 1.807) is 34.9 Å². The van der Waals surface area contributed by atoms with Gasteiger partial charge in [0, 0.05) is 28.4 Å². The molecular formula is C18H16BrN3O3S. The molecule has 1 heterocycles. The molecule has 0 aliphatic rings. The number of rotatable bonds is 6. The zero-order valence-electron chi connectivity index (χ0n) is 14.0. The molecule has 3 aromatic rings. The Kier molecular flexibility index (Phi) is 5.73. The van der Waals surface area contributed by atoms with Gasteiger partial charge in [-0.3, -0.25) is 19.5 Å². The molecule has 0 atom stereocenters. The van der Waals surface area contributed by atoms with Gasteiger partial charge in [-0.05, 0) is 24.6 Å². The summed E-state index contributed by atoms with van der Waals surface area (Å²) >= 11 is 4.73. The summed E-state index contributed by atoms with van der Waals surface area (Å²) in [5, 5.41) is 12.3. The Morgan fingerprint density at radius 3 is 2.77 bits per heavy atom. The minimum atomic E-state index is -0.389. The Hall–Kier alpha value is -2.19. The first-order valence-electron chi connectivity index (χ1n) is 8.06. The van der Waals surface area contributed by atoms with Crippen LogP contribution in [0.5, 0.6) is 0 Å². The molecule has 6 nitrogen and oxygen atoms in total. The lowest BCUT2D eigenvalue weighted by Gasteiger charge is -2.12. The van der Waals surface area contributed by atoms with E-state index in [-0.39, 0.29) is 16.2 Å². The molecule has 0 saturated heterocycles. The molecule has 0 amide bonds. The number of para-hydroxylation sites is 1. The third-order valence-corrected chi connectivity index (χ3v) is 5.39. The number of benzene rings is 2. The van der Waals surface area contributed by atoms with E-state index in [9.17, 15) is 14.9 Å². The van der Waals surface area contributed by atoms with E-state index in [4.69, 9.17) is 0 Å². The lowest BCUT2D eigenvalue weighted by molar-refractivity contribution is -0.385. The number of hydrogen-bond acceptors (Lipinski definition) is 5. The fourth-order valence-electron chi connectivity index (χ4n) is 2.66. The van der Waals surface area contributed by atoms with Gasteiger partial charge in [0.1, 0.15) is 0 Å². The summed E-state index contributed by atoms with van der Waals surface area (Å²) in [5.41, 5.74) is 1.21. The number of nitrogens with zero attached hydrogens (tertiary/aromatic N) is 3. The number of fused-ring (bicyclic) bond motifs is 1. The average molecular weight is 434 g/mol. The van der Waals surface area contributed by atoms with Crippen molar-refractivity contribution in [2.75, 3.05) is 0 Å². The molecule has 0 N–H and O–H groups in total. The minimum absolute atomic E-state index is 0.0779. The summed E-state index contributed by atoms with van der Waals surface area (Å²) in [6, 6.07) is 12.0. The van der Waals surface area contributed by atoms with Crippen LogP contribution in [0, 0.1) is 10.1 Å². The molecule has 8 heteroatoms. The smallest absolute Gasteiger partial charge is 0.273 e. The van der Waals surface area contributed by atoms with E-state index >= 15 is 0 Å². The van der Waals surface area contributed by atoms with Gasteiger partial charge in [-0.1, -0.05) is 52.8 Å². The highest BCUT2D eigenvalue weighted by atomic mass is 79.9. The first-order valence-corrected chi connectivity index (χ1v) is 9.84. The Balaban J connectivity index is 2.02. The largest absolute Gasteiger partial charge is 0.287 e. The van der Waals surface area contributed by atoms with Gasteiger partial charge in [-0.15, -0.1) is 0 Å². The highest BCUT2D eigenvalue weighted by molar-refractivity contribution is 9.10. The van der Waals surface area contributed by atoms with Crippen molar-refractivity contribution in [1.82, 2.24) is 9.55 Å². The van der Waals surface area contributed by atoms with Crippen LogP contribution in [0.4, 0.5) is 5.69 Å². The van der Waals surface area contributed by atoms with Crippen molar-refractivity contribution in [3.63, 3.8) is 0 Å². The van der Waals surface area contributed by atoms with Crippen LogP contribution in [0.25, 0.3) is 10.9 Å². The zero-order chi connectivity index (χ0) is 18.7. The summed E-state index contributed by atoms with van der Waals surface area (Å²) in [6.07, 6.45) is 0.792. The molecule has 0 radical (unpaired) electrons. The lowest BCUT2D eigenvalue weighted by Crippen LogP contribution is -2.23. The molecule has 0 aliphatic carbocycles. The average Bonchev–Trinajstić information content (AvgIpc) is 2.63. The van der Waals surface area contributed by atoms with E-state index in [0.717, 1.165) is 10.9 Å². The summed E-state index contributed by atoms with van der Waals surface area (Å²) in [7, 11) is 0. The second kappa shape index (κ2) is 8.01. The second-order valence-electron chi connectivity index (χ2n) is 5.69. The Morgan fingerprint density at radius 2 is 2.04 bits per heavy atom. The van der Waals surface area contributed by atoms with Gasteiger partial charge in [-0.25, -0.2) is 4.98 Å². The van der Waals surface area contributed by atoms with Crippen LogP contribution in [-0.4, -0.2) is 14.5 Å². The SMILES string of the molecule is CCCn1c(SCc2ccccc2[N+](=O)[O-])nc2ccc(Br)cc2c1=O. The second-order valence-corrected chi connectivity index (χ2v) is 7.55. The van der Waals surface area contributed by atoms with Crippen molar-refractivity contribution in [2.24, 2.45) is 0 Å². The van der Waals surface area contributed by atoms with Crippen LogP contribution in [0.1, 0.15) is 18.9 Å². The first kappa shape index (κ1) is 18.6. The van der Waals surface area contributed by atoms with E-state index in [2.05, 4.69) is 20.9 Å². The van der Waals surface area contributed by atoms with Crippen LogP contribution in [0.15, 0.2) is 56.9 Å². The molecule has 2 aromatic carbocycles. The molecule has 1 aromatic heterocycles. The van der Waals surface area contributed by atoms with Gasteiger partial charge in [0.05, 0.1) is 15.8 Å². The monoisotopic (exact) mass is 433 g/mol. The topological polar surface area (TPSA) is 78.0 Å². The van der Waals surface area contributed by atoms with Gasteiger partial charge < -0.3 is 0 Å². The highest BCUT2D eigenvalue weighted by Gasteiger charge is 2.16. The van der Waals surface area contributed by atoms with E-state index in [1.807, 2.05) is 13.0 Å². The van der Waals surface area contributed by atoms with Crippen LogP contribution in [0.2, 0.25) is 0 Å². The number of hydrogen-bond donors (Lipinski definition) is 0. The highest BCUT2D eigenvalue weighted by Crippen LogP contribution is 2.27. The predicted molar refractivity (Wildman–Crippen MR) is 107 cm³/mol. The third-order valence-electron chi connectivity index (χ3n) is 3.87. The fourth-order valence-corrected chi connectivity index (χ4v) is 4.04. The normalized spacial score (nSPS) is 11.0. The maximum absolute atomic E-state index is 12.9. The maximum Gasteiger partial charge on any atom is 0.273 e. The standard InChI is InChI=1S/C18H16BrN3O3S/c1-2-9-21-17(23)14-10-13(19)7-8-15(14)20-18(21)26-11-12-5-3-4-6-16(12)22(24)25/h3-8,10H,2,9,11H2,1H3. The molecule has 0 spiro atoms. The van der Waals surface area contributed by atoms with E-state index in [1.165, 1.54) is 17.8 Å². The summed E-state index contributed by atoms with van der Waals surface area (Å²) < 4.78 is 2.47. The summed E-state index contributed by atoms with van der Waals surface area (Å²) in [4.78, 5) is 28.3. The number of aromatic nitrogens is 2. The van der Waals surface area contributed by atoms with Crippen molar-refractivity contribution >= 4 is 44.3 Å². The molecule has 26 heavy (non-hydrogen) atoms. The molecule has 0 unspecified atom stereocenters. The lowest BCUT2D eigenvalue weighted by atomic mass is 10.2. The molecule has 3 rings (SSSR count). The van der Waals surface area contributed by atoms with Crippen molar-refractivity contribution in [3.05, 3.63) is 73.0 Å². The Morgan fingerprint density at radius 1 is 1.27 bits per heavy atom. The molecule has 134 valence electrons. The number of thioether (sulfide) groups is 1. The summed E-state index contributed by atoms with van der Waals surface area (Å²) in [6.45, 7) is 2.54. The molecule has 0 saturated carbocycles. The number of nitro groups is 1. The fraction of sp³-hybridized carbons (Fsp3) is 0.222. The first-order chi connectivity index (χ1) is 12.5. The van der Waals surface area contributed by atoms with Crippen molar-refractivity contribution < 1.29 is 4.92 Å². The quantitative estimate of drug-likeness (QED) is 0.242. The van der Waals surface area contributed by atoms with Crippen LogP contribution in [-0.2, 0) is 12.3 Å². The van der Waals surface area contributed by atoms with Crippen LogP contribution in [0.3, 0.4) is 0 Å².